The van der Waals surface area contributed by atoms with Crippen LogP contribution in [0.3, 0.4) is 0 Å². The molecule has 2 nitrogen and oxygen atoms in total. The first-order valence-electron chi connectivity index (χ1n) is 5.90. The van der Waals surface area contributed by atoms with E-state index in [9.17, 15) is 0 Å². The van der Waals surface area contributed by atoms with Crippen LogP contribution in [-0.2, 0) is 0 Å². The molecule has 0 saturated heterocycles. The summed E-state index contributed by atoms with van der Waals surface area (Å²) in [4.78, 5) is 5.28. The fraction of sp³-hybridized carbons (Fsp3) is 0.133. The van der Waals surface area contributed by atoms with Gasteiger partial charge < -0.3 is 9.80 Å². The third kappa shape index (κ3) is 1.51. The quantitative estimate of drug-likeness (QED) is 0.518. The van der Waals surface area contributed by atoms with Crippen LogP contribution in [0.2, 0.25) is 0 Å². The summed E-state index contributed by atoms with van der Waals surface area (Å²) >= 11 is 5.43. The lowest BCUT2D eigenvalue weighted by Crippen LogP contribution is -2.25. The van der Waals surface area contributed by atoms with Crippen molar-refractivity contribution in [3.63, 3.8) is 0 Å². The van der Waals surface area contributed by atoms with E-state index >= 15 is 0 Å². The molecule has 18 heavy (non-hydrogen) atoms. The molecule has 0 saturated carbocycles. The van der Waals surface area contributed by atoms with Gasteiger partial charge in [-0.15, -0.1) is 0 Å². The maximum atomic E-state index is 5.43. The average molecular weight is 254 g/mol. The van der Waals surface area contributed by atoms with E-state index in [2.05, 4.69) is 54.2 Å². The lowest BCUT2D eigenvalue weighted by Gasteiger charge is -2.22. The molecule has 0 unspecified atom stereocenters. The first-order chi connectivity index (χ1) is 8.70. The Kier molecular flexibility index (Phi) is 2.56. The largest absolute Gasteiger partial charge is 0.329 e. The number of hydrogen-bond donors (Lipinski definition) is 0. The van der Waals surface area contributed by atoms with Gasteiger partial charge in [-0.2, -0.15) is 0 Å². The van der Waals surface area contributed by atoms with E-state index in [0.29, 0.717) is 0 Å². The SMILES string of the molecule is CN1C(=C2C=CC=CC2=S)N(C)c2ccccc21. The predicted molar refractivity (Wildman–Crippen MR) is 81.2 cm³/mol. The first kappa shape index (κ1) is 11.2. The monoisotopic (exact) mass is 254 g/mol. The lowest BCUT2D eigenvalue weighted by molar-refractivity contribution is 1.04. The van der Waals surface area contributed by atoms with Gasteiger partial charge in [0.25, 0.3) is 0 Å². The van der Waals surface area contributed by atoms with E-state index in [1.807, 2.05) is 18.2 Å². The molecule has 0 atom stereocenters. The summed E-state index contributed by atoms with van der Waals surface area (Å²) < 4.78 is 0. The standard InChI is InChI=1S/C15H14N2S/c1-16-12-8-4-5-9-13(12)17(2)15(16)11-7-3-6-10-14(11)18/h3-10H,1-2H3. The van der Waals surface area contributed by atoms with Gasteiger partial charge in [-0.05, 0) is 24.3 Å². The minimum absolute atomic E-state index is 0.888. The molecule has 3 heteroatoms. The summed E-state index contributed by atoms with van der Waals surface area (Å²) in [5.41, 5.74) is 3.54. The van der Waals surface area contributed by atoms with E-state index in [4.69, 9.17) is 12.2 Å². The molecular formula is C15H14N2S. The van der Waals surface area contributed by atoms with Gasteiger partial charge in [-0.3, -0.25) is 0 Å². The number of hydrogen-bond acceptors (Lipinski definition) is 3. The molecule has 0 aromatic heterocycles. The van der Waals surface area contributed by atoms with Gasteiger partial charge in [0, 0.05) is 24.5 Å². The Morgan fingerprint density at radius 3 is 2.00 bits per heavy atom. The fourth-order valence-corrected chi connectivity index (χ4v) is 2.74. The summed E-state index contributed by atoms with van der Waals surface area (Å²) in [7, 11) is 4.17. The van der Waals surface area contributed by atoms with Crippen LogP contribution in [0.15, 0.2) is 60.0 Å². The predicted octanol–water partition coefficient (Wildman–Crippen LogP) is 3.28. The Bertz CT molecular complexity index is 580. The van der Waals surface area contributed by atoms with E-state index in [1.165, 1.54) is 11.4 Å². The Morgan fingerprint density at radius 1 is 0.889 bits per heavy atom. The fourth-order valence-electron chi connectivity index (χ4n) is 2.50. The van der Waals surface area contributed by atoms with Crippen molar-refractivity contribution in [1.29, 1.82) is 0 Å². The zero-order valence-corrected chi connectivity index (χ0v) is 11.2. The smallest absolute Gasteiger partial charge is 0.121 e. The van der Waals surface area contributed by atoms with Crippen molar-refractivity contribution >= 4 is 28.5 Å². The molecule has 1 aromatic carbocycles. The number of para-hydroxylation sites is 2. The average Bonchev–Trinajstić information content (AvgIpc) is 2.64. The van der Waals surface area contributed by atoms with Gasteiger partial charge in [0.2, 0.25) is 0 Å². The van der Waals surface area contributed by atoms with Crippen LogP contribution >= 0.6 is 12.2 Å². The van der Waals surface area contributed by atoms with Crippen molar-refractivity contribution in [3.8, 4) is 0 Å². The van der Waals surface area contributed by atoms with Crippen LogP contribution < -0.4 is 9.80 Å². The molecule has 2 aliphatic rings. The number of nitrogens with zero attached hydrogens (tertiary/aromatic N) is 2. The van der Waals surface area contributed by atoms with Gasteiger partial charge >= 0.3 is 0 Å². The van der Waals surface area contributed by atoms with Crippen LogP contribution in [0, 0.1) is 0 Å². The van der Waals surface area contributed by atoms with Gasteiger partial charge in [-0.1, -0.05) is 36.5 Å². The van der Waals surface area contributed by atoms with E-state index in [0.717, 1.165) is 16.3 Å². The van der Waals surface area contributed by atoms with E-state index in [-0.39, 0.29) is 0 Å². The maximum Gasteiger partial charge on any atom is 0.121 e. The third-order valence-electron chi connectivity index (χ3n) is 3.37. The summed E-state index contributed by atoms with van der Waals surface area (Å²) in [5.74, 6) is 1.14. The number of allylic oxidation sites excluding steroid dienone is 5. The highest BCUT2D eigenvalue weighted by molar-refractivity contribution is 7.81. The molecular weight excluding hydrogens is 240 g/mol. The summed E-state index contributed by atoms with van der Waals surface area (Å²) in [6.45, 7) is 0. The summed E-state index contributed by atoms with van der Waals surface area (Å²) in [6.07, 6.45) is 8.07. The van der Waals surface area contributed by atoms with E-state index < -0.39 is 0 Å². The van der Waals surface area contributed by atoms with Crippen LogP contribution in [0.5, 0.6) is 0 Å². The number of rotatable bonds is 0. The highest BCUT2D eigenvalue weighted by Crippen LogP contribution is 2.40. The van der Waals surface area contributed by atoms with Crippen molar-refractivity contribution in [3.05, 3.63) is 60.0 Å². The Morgan fingerprint density at radius 2 is 1.44 bits per heavy atom. The molecule has 1 heterocycles. The minimum Gasteiger partial charge on any atom is -0.329 e. The Labute approximate surface area is 113 Å². The van der Waals surface area contributed by atoms with Crippen molar-refractivity contribution in [1.82, 2.24) is 0 Å². The zero-order valence-electron chi connectivity index (χ0n) is 10.4. The summed E-state index contributed by atoms with van der Waals surface area (Å²) in [6, 6.07) is 8.38. The Balaban J connectivity index is 2.17. The number of benzene rings is 1. The highest BCUT2D eigenvalue weighted by Gasteiger charge is 2.28. The second-order valence-corrected chi connectivity index (χ2v) is 4.87. The van der Waals surface area contributed by atoms with Crippen molar-refractivity contribution < 1.29 is 0 Å². The van der Waals surface area contributed by atoms with Gasteiger partial charge in [0.15, 0.2) is 0 Å². The second kappa shape index (κ2) is 4.10. The highest BCUT2D eigenvalue weighted by atomic mass is 32.1. The maximum absolute atomic E-state index is 5.43. The Hall–Kier alpha value is -1.87. The molecule has 0 spiro atoms. The molecule has 1 aromatic rings. The lowest BCUT2D eigenvalue weighted by atomic mass is 10.1. The zero-order chi connectivity index (χ0) is 12.7. The first-order valence-corrected chi connectivity index (χ1v) is 6.31. The molecule has 1 aliphatic carbocycles. The molecule has 90 valence electrons. The minimum atomic E-state index is 0.888. The van der Waals surface area contributed by atoms with Gasteiger partial charge in [-0.25, -0.2) is 0 Å². The van der Waals surface area contributed by atoms with Gasteiger partial charge in [0.05, 0.1) is 11.4 Å². The van der Waals surface area contributed by atoms with Crippen molar-refractivity contribution in [2.75, 3.05) is 23.9 Å². The van der Waals surface area contributed by atoms with Crippen LogP contribution in [0.1, 0.15) is 0 Å². The molecule has 0 N–H and O–H groups in total. The third-order valence-corrected chi connectivity index (χ3v) is 3.72. The molecule has 3 rings (SSSR count). The van der Waals surface area contributed by atoms with E-state index in [1.54, 1.807) is 0 Å². The molecule has 0 radical (unpaired) electrons. The van der Waals surface area contributed by atoms with Crippen LogP contribution in [0.4, 0.5) is 11.4 Å². The molecule has 0 bridgehead atoms. The van der Waals surface area contributed by atoms with Crippen molar-refractivity contribution in [2.45, 2.75) is 0 Å². The van der Waals surface area contributed by atoms with Crippen molar-refractivity contribution in [2.24, 2.45) is 0 Å². The number of thiocarbonyl (C=S) groups is 1. The number of fused-ring (bicyclic) bond motifs is 1. The van der Waals surface area contributed by atoms with Crippen LogP contribution in [0.25, 0.3) is 0 Å². The number of anilines is 2. The normalized spacial score (nSPS) is 17.8. The van der Waals surface area contributed by atoms with Crippen LogP contribution in [-0.4, -0.2) is 19.0 Å². The molecule has 0 amide bonds. The second-order valence-electron chi connectivity index (χ2n) is 4.43. The molecule has 1 aliphatic heterocycles. The topological polar surface area (TPSA) is 6.48 Å². The summed E-state index contributed by atoms with van der Waals surface area (Å²) in [5, 5.41) is 0. The van der Waals surface area contributed by atoms with Gasteiger partial charge in [0.1, 0.15) is 5.82 Å². The molecule has 0 fully saturated rings.